The van der Waals surface area contributed by atoms with Crippen molar-refractivity contribution >= 4 is 24.8 Å². The zero-order valence-corrected chi connectivity index (χ0v) is 15.8. The molecule has 0 atom stereocenters. The number of piperidine rings is 1. The minimum absolute atomic E-state index is 0. The molecule has 140 valence electrons. The fourth-order valence-electron chi connectivity index (χ4n) is 3.95. The quantitative estimate of drug-likeness (QED) is 0.833. The lowest BCUT2D eigenvalue weighted by atomic mass is 9.67. The van der Waals surface area contributed by atoms with Gasteiger partial charge in [0.2, 0.25) is 0 Å². The van der Waals surface area contributed by atoms with Gasteiger partial charge in [0.05, 0.1) is 12.8 Å². The first-order valence-electron chi connectivity index (χ1n) is 8.64. The third kappa shape index (κ3) is 4.76. The Bertz CT molecular complexity index is 616. The number of hydrogen-bond acceptors (Lipinski definition) is 6. The van der Waals surface area contributed by atoms with E-state index in [1.807, 2.05) is 12.1 Å². The van der Waals surface area contributed by atoms with E-state index in [-0.39, 0.29) is 24.8 Å². The molecule has 0 amide bonds. The first-order valence-corrected chi connectivity index (χ1v) is 8.64. The Hall–Kier alpha value is -1.08. The summed E-state index contributed by atoms with van der Waals surface area (Å²) in [6.07, 6.45) is 9.49. The summed E-state index contributed by atoms with van der Waals surface area (Å²) in [6, 6.07) is 4.21. The Balaban J connectivity index is 0.00000113. The third-order valence-electron chi connectivity index (χ3n) is 5.46. The minimum Gasteiger partial charge on any atom is -0.459 e. The normalized spacial score (nSPS) is 20.0. The molecule has 2 N–H and O–H groups in total. The molecule has 0 bridgehead atoms. The van der Waals surface area contributed by atoms with Gasteiger partial charge in [0.15, 0.2) is 11.6 Å². The Morgan fingerprint density at radius 2 is 1.92 bits per heavy atom. The van der Waals surface area contributed by atoms with Gasteiger partial charge in [-0.15, -0.1) is 24.8 Å². The molecule has 2 aromatic rings. The molecule has 2 aromatic heterocycles. The van der Waals surface area contributed by atoms with Gasteiger partial charge in [-0.3, -0.25) is 0 Å². The van der Waals surface area contributed by atoms with Crippen molar-refractivity contribution < 1.29 is 8.94 Å². The summed E-state index contributed by atoms with van der Waals surface area (Å²) in [6.45, 7) is 3.04. The standard InChI is InChI=1S/C17H24N4O2.2ClH/c1-2-14(22-11-1)16-20-15(21-23-16)12-19-13-3-5-17(6-4-13)7-9-18-10-8-17;;/h1-2,11,13,18-19H,3-10,12H2;2*1H. The lowest BCUT2D eigenvalue weighted by molar-refractivity contribution is 0.115. The summed E-state index contributed by atoms with van der Waals surface area (Å²) >= 11 is 0. The molecule has 1 aliphatic carbocycles. The van der Waals surface area contributed by atoms with Crippen molar-refractivity contribution in [3.63, 3.8) is 0 Å². The van der Waals surface area contributed by atoms with Crippen molar-refractivity contribution in [3.8, 4) is 11.7 Å². The zero-order valence-electron chi connectivity index (χ0n) is 14.2. The van der Waals surface area contributed by atoms with Gasteiger partial charge in [0, 0.05) is 6.04 Å². The van der Waals surface area contributed by atoms with Crippen LogP contribution in [0.1, 0.15) is 44.3 Å². The highest BCUT2D eigenvalue weighted by atomic mass is 35.5. The van der Waals surface area contributed by atoms with Crippen molar-refractivity contribution in [2.45, 2.75) is 51.1 Å². The fraction of sp³-hybridized carbons (Fsp3) is 0.647. The van der Waals surface area contributed by atoms with Crippen molar-refractivity contribution in [2.24, 2.45) is 5.41 Å². The molecule has 25 heavy (non-hydrogen) atoms. The number of aromatic nitrogens is 2. The fourth-order valence-corrected chi connectivity index (χ4v) is 3.95. The molecular weight excluding hydrogens is 363 g/mol. The van der Waals surface area contributed by atoms with Crippen LogP contribution in [0.3, 0.4) is 0 Å². The van der Waals surface area contributed by atoms with Crippen LogP contribution in [0, 0.1) is 5.41 Å². The molecule has 8 heteroatoms. The molecule has 1 aliphatic heterocycles. The molecule has 1 saturated heterocycles. The zero-order chi connectivity index (χ0) is 15.5. The smallest absolute Gasteiger partial charge is 0.293 e. The van der Waals surface area contributed by atoms with Crippen LogP contribution in [0.4, 0.5) is 0 Å². The second kappa shape index (κ2) is 9.03. The number of halogens is 2. The van der Waals surface area contributed by atoms with Crippen LogP contribution in [0.5, 0.6) is 0 Å². The molecule has 1 saturated carbocycles. The summed E-state index contributed by atoms with van der Waals surface area (Å²) < 4.78 is 10.5. The summed E-state index contributed by atoms with van der Waals surface area (Å²) in [4.78, 5) is 4.38. The lowest BCUT2D eigenvalue weighted by Crippen LogP contribution is -2.43. The number of furan rings is 1. The van der Waals surface area contributed by atoms with Crippen LogP contribution < -0.4 is 10.6 Å². The molecule has 2 aliphatic rings. The van der Waals surface area contributed by atoms with E-state index >= 15 is 0 Å². The van der Waals surface area contributed by atoms with Crippen molar-refractivity contribution in [2.75, 3.05) is 13.1 Å². The summed E-state index contributed by atoms with van der Waals surface area (Å²) in [7, 11) is 0. The van der Waals surface area contributed by atoms with E-state index in [0.29, 0.717) is 35.5 Å². The topological polar surface area (TPSA) is 76.1 Å². The first-order chi connectivity index (χ1) is 11.3. The number of nitrogens with one attached hydrogen (secondary N) is 2. The lowest BCUT2D eigenvalue weighted by Gasteiger charge is -2.43. The van der Waals surface area contributed by atoms with E-state index in [1.54, 1.807) is 6.26 Å². The molecule has 0 aromatic carbocycles. The maximum absolute atomic E-state index is 5.27. The molecular formula is C17H26Cl2N4O2. The molecule has 4 rings (SSSR count). The number of hydrogen-bond donors (Lipinski definition) is 2. The van der Waals surface area contributed by atoms with E-state index in [9.17, 15) is 0 Å². The summed E-state index contributed by atoms with van der Waals surface area (Å²) in [5.41, 5.74) is 0.613. The maximum Gasteiger partial charge on any atom is 0.293 e. The minimum atomic E-state index is 0. The van der Waals surface area contributed by atoms with E-state index in [1.165, 1.54) is 51.6 Å². The Kier molecular flexibility index (Phi) is 7.31. The van der Waals surface area contributed by atoms with E-state index in [4.69, 9.17) is 8.94 Å². The van der Waals surface area contributed by atoms with Crippen LogP contribution in [0.15, 0.2) is 27.3 Å². The Labute approximate surface area is 160 Å². The van der Waals surface area contributed by atoms with Gasteiger partial charge >= 0.3 is 0 Å². The van der Waals surface area contributed by atoms with Crippen molar-refractivity contribution in [1.82, 2.24) is 20.8 Å². The monoisotopic (exact) mass is 388 g/mol. The van der Waals surface area contributed by atoms with Crippen LogP contribution in [-0.4, -0.2) is 29.3 Å². The van der Waals surface area contributed by atoms with Gasteiger partial charge in [-0.1, -0.05) is 5.16 Å². The second-order valence-corrected chi connectivity index (χ2v) is 6.90. The average Bonchev–Trinajstić information content (AvgIpc) is 3.27. The van der Waals surface area contributed by atoms with E-state index < -0.39 is 0 Å². The van der Waals surface area contributed by atoms with Gasteiger partial charge in [0.25, 0.3) is 5.89 Å². The first kappa shape index (κ1) is 20.2. The molecule has 6 nitrogen and oxygen atoms in total. The molecule has 2 fully saturated rings. The summed E-state index contributed by atoms with van der Waals surface area (Å²) in [5, 5.41) is 11.1. The number of rotatable bonds is 4. The van der Waals surface area contributed by atoms with Gasteiger partial charge < -0.3 is 19.6 Å². The van der Waals surface area contributed by atoms with Crippen LogP contribution in [0.2, 0.25) is 0 Å². The predicted octanol–water partition coefficient (Wildman–Crippen LogP) is 3.58. The predicted molar refractivity (Wildman–Crippen MR) is 100 cm³/mol. The number of nitrogens with zero attached hydrogens (tertiary/aromatic N) is 2. The highest BCUT2D eigenvalue weighted by Crippen LogP contribution is 2.43. The highest BCUT2D eigenvalue weighted by molar-refractivity contribution is 5.85. The maximum atomic E-state index is 5.27. The van der Waals surface area contributed by atoms with Gasteiger partial charge in [0.1, 0.15) is 0 Å². The second-order valence-electron chi connectivity index (χ2n) is 6.90. The third-order valence-corrected chi connectivity index (χ3v) is 5.46. The van der Waals surface area contributed by atoms with Crippen LogP contribution in [-0.2, 0) is 6.54 Å². The van der Waals surface area contributed by atoms with Crippen LogP contribution >= 0.6 is 24.8 Å². The molecule has 0 unspecified atom stereocenters. The van der Waals surface area contributed by atoms with Crippen LogP contribution in [0.25, 0.3) is 11.7 Å². The van der Waals surface area contributed by atoms with Crippen molar-refractivity contribution in [3.05, 3.63) is 24.2 Å². The van der Waals surface area contributed by atoms with Gasteiger partial charge in [-0.25, -0.2) is 0 Å². The summed E-state index contributed by atoms with van der Waals surface area (Å²) in [5.74, 6) is 1.76. The highest BCUT2D eigenvalue weighted by Gasteiger charge is 2.35. The van der Waals surface area contributed by atoms with Crippen molar-refractivity contribution in [1.29, 1.82) is 0 Å². The van der Waals surface area contributed by atoms with E-state index in [2.05, 4.69) is 20.8 Å². The molecule has 0 radical (unpaired) electrons. The van der Waals surface area contributed by atoms with Gasteiger partial charge in [-0.05, 0) is 69.2 Å². The largest absolute Gasteiger partial charge is 0.459 e. The SMILES string of the molecule is Cl.Cl.c1coc(-c2nc(CNC3CCC4(CCNCC4)CC3)no2)c1. The molecule has 3 heterocycles. The Morgan fingerprint density at radius 3 is 2.60 bits per heavy atom. The average molecular weight is 389 g/mol. The Morgan fingerprint density at radius 1 is 1.16 bits per heavy atom. The molecule has 1 spiro atoms. The van der Waals surface area contributed by atoms with Gasteiger partial charge in [-0.2, -0.15) is 4.98 Å². The van der Waals surface area contributed by atoms with E-state index in [0.717, 1.165) is 0 Å².